The summed E-state index contributed by atoms with van der Waals surface area (Å²) in [5, 5.41) is 12.1. The van der Waals surface area contributed by atoms with E-state index < -0.39 is 39.9 Å². The first-order valence-corrected chi connectivity index (χ1v) is 13.8. The van der Waals surface area contributed by atoms with Crippen LogP contribution in [0.5, 0.6) is 5.75 Å². The molecular formula is C33H27ClN2O6. The Balaban J connectivity index is 1.73. The standard InChI is InChI=1S/C33H27ClN2O6/c1-32(2)17-24-26(25(37)18-32)33(31(41)35(24)21-13-15-23(42-3)16-14-21)27(28(38)19-7-5-4-6-8-19)29(39)30(40)36(33)22-11-9-20(34)10-12-22/h4-16,38H,17-18H2,1-3H3/b28-27-. The number of halogens is 1. The summed E-state index contributed by atoms with van der Waals surface area (Å²) in [6.07, 6.45) is 0.386. The molecule has 2 aliphatic heterocycles. The molecule has 2 heterocycles. The van der Waals surface area contributed by atoms with Crippen molar-refractivity contribution in [3.63, 3.8) is 0 Å². The summed E-state index contributed by atoms with van der Waals surface area (Å²) in [5.74, 6) is -3.18. The monoisotopic (exact) mass is 582 g/mol. The van der Waals surface area contributed by atoms with Crippen molar-refractivity contribution in [2.45, 2.75) is 32.2 Å². The molecule has 42 heavy (non-hydrogen) atoms. The number of ketones is 2. The van der Waals surface area contributed by atoms with E-state index in [1.807, 2.05) is 13.8 Å². The number of aliphatic hydroxyl groups is 1. The van der Waals surface area contributed by atoms with Crippen LogP contribution in [0.1, 0.15) is 32.3 Å². The molecule has 1 atom stereocenters. The van der Waals surface area contributed by atoms with Crippen LogP contribution >= 0.6 is 11.6 Å². The van der Waals surface area contributed by atoms with Crippen LogP contribution in [0.2, 0.25) is 5.02 Å². The number of amides is 2. The van der Waals surface area contributed by atoms with E-state index in [1.165, 1.54) is 36.3 Å². The maximum absolute atomic E-state index is 15.1. The predicted octanol–water partition coefficient (Wildman–Crippen LogP) is 5.66. The first-order valence-electron chi connectivity index (χ1n) is 13.4. The lowest BCUT2D eigenvalue weighted by Gasteiger charge is -2.37. The van der Waals surface area contributed by atoms with E-state index in [0.717, 1.165) is 4.90 Å². The van der Waals surface area contributed by atoms with Gasteiger partial charge >= 0.3 is 5.91 Å². The zero-order chi connectivity index (χ0) is 30.0. The van der Waals surface area contributed by atoms with Crippen molar-refractivity contribution in [3.05, 3.63) is 106 Å². The molecule has 0 saturated carbocycles. The number of hydrogen-bond acceptors (Lipinski definition) is 6. The largest absolute Gasteiger partial charge is 0.507 e. The van der Waals surface area contributed by atoms with Crippen LogP contribution in [-0.2, 0) is 19.2 Å². The van der Waals surface area contributed by atoms with Crippen molar-refractivity contribution in [2.24, 2.45) is 5.41 Å². The van der Waals surface area contributed by atoms with E-state index in [4.69, 9.17) is 16.3 Å². The number of aliphatic hydroxyl groups excluding tert-OH is 1. The normalized spacial score (nSPS) is 22.8. The third-order valence-electron chi connectivity index (χ3n) is 8.02. The van der Waals surface area contributed by atoms with Crippen molar-refractivity contribution in [3.8, 4) is 5.75 Å². The molecule has 1 saturated heterocycles. The van der Waals surface area contributed by atoms with Gasteiger partial charge < -0.3 is 9.84 Å². The maximum Gasteiger partial charge on any atom is 0.300 e. The Bertz CT molecular complexity index is 1720. The Morgan fingerprint density at radius 1 is 0.857 bits per heavy atom. The number of rotatable bonds is 4. The molecule has 1 unspecified atom stereocenters. The number of fused-ring (bicyclic) bond motifs is 1. The zero-order valence-electron chi connectivity index (χ0n) is 23.2. The van der Waals surface area contributed by atoms with Gasteiger partial charge in [0.2, 0.25) is 0 Å². The summed E-state index contributed by atoms with van der Waals surface area (Å²) in [5.41, 5.74) is -1.98. The van der Waals surface area contributed by atoms with Gasteiger partial charge in [0.25, 0.3) is 11.7 Å². The number of anilines is 2. The molecule has 212 valence electrons. The molecule has 1 aliphatic carbocycles. The van der Waals surface area contributed by atoms with Crippen molar-refractivity contribution in [2.75, 3.05) is 16.9 Å². The fourth-order valence-corrected chi connectivity index (χ4v) is 6.41. The minimum atomic E-state index is -2.25. The van der Waals surface area contributed by atoms with E-state index in [2.05, 4.69) is 0 Å². The van der Waals surface area contributed by atoms with Crippen LogP contribution in [0, 0.1) is 5.41 Å². The van der Waals surface area contributed by atoms with Gasteiger partial charge in [0.1, 0.15) is 11.5 Å². The van der Waals surface area contributed by atoms with Gasteiger partial charge in [-0.1, -0.05) is 55.8 Å². The van der Waals surface area contributed by atoms with E-state index in [0.29, 0.717) is 28.6 Å². The van der Waals surface area contributed by atoms with Gasteiger partial charge in [-0.05, 0) is 60.4 Å². The average Bonchev–Trinajstić information content (AvgIpc) is 3.35. The molecule has 0 aromatic heterocycles. The van der Waals surface area contributed by atoms with Crippen molar-refractivity contribution >= 4 is 52.1 Å². The number of Topliss-reactive ketones (excluding diaryl/α,β-unsaturated/α-hetero) is 2. The third kappa shape index (κ3) is 3.89. The Morgan fingerprint density at radius 2 is 1.48 bits per heavy atom. The number of carbonyl (C=O) groups is 4. The van der Waals surface area contributed by atoms with E-state index in [9.17, 15) is 19.5 Å². The van der Waals surface area contributed by atoms with Crippen LogP contribution in [0.4, 0.5) is 11.4 Å². The van der Waals surface area contributed by atoms with E-state index >= 15 is 4.79 Å². The molecule has 1 N–H and O–H groups in total. The quantitative estimate of drug-likeness (QED) is 0.242. The molecule has 1 spiro atoms. The molecule has 0 bridgehead atoms. The lowest BCUT2D eigenvalue weighted by Crippen LogP contribution is -2.56. The van der Waals surface area contributed by atoms with Crippen molar-refractivity contribution < 1.29 is 29.0 Å². The summed E-state index contributed by atoms with van der Waals surface area (Å²) in [6.45, 7) is 3.85. The minimum Gasteiger partial charge on any atom is -0.507 e. The first kappa shape index (κ1) is 27.5. The molecule has 8 nitrogen and oxygen atoms in total. The summed E-state index contributed by atoms with van der Waals surface area (Å²) in [6, 6.07) is 21.0. The van der Waals surface area contributed by atoms with Gasteiger partial charge in [-0.15, -0.1) is 0 Å². The summed E-state index contributed by atoms with van der Waals surface area (Å²) in [7, 11) is 1.52. The van der Waals surface area contributed by atoms with Gasteiger partial charge in [0.15, 0.2) is 11.3 Å². The van der Waals surface area contributed by atoms with Gasteiger partial charge in [-0.2, -0.15) is 0 Å². The molecule has 0 radical (unpaired) electrons. The van der Waals surface area contributed by atoms with Crippen LogP contribution < -0.4 is 14.5 Å². The second-order valence-corrected chi connectivity index (χ2v) is 11.8. The highest BCUT2D eigenvalue weighted by molar-refractivity contribution is 6.56. The fourth-order valence-electron chi connectivity index (χ4n) is 6.28. The Kier molecular flexibility index (Phi) is 6.35. The molecular weight excluding hydrogens is 556 g/mol. The van der Waals surface area contributed by atoms with E-state index in [-0.39, 0.29) is 29.0 Å². The lowest BCUT2D eigenvalue weighted by atomic mass is 9.70. The Morgan fingerprint density at radius 3 is 2.10 bits per heavy atom. The lowest BCUT2D eigenvalue weighted by molar-refractivity contribution is -0.132. The smallest absolute Gasteiger partial charge is 0.300 e. The number of nitrogens with zero attached hydrogens (tertiary/aromatic N) is 2. The van der Waals surface area contributed by atoms with Gasteiger partial charge in [0, 0.05) is 34.1 Å². The second-order valence-electron chi connectivity index (χ2n) is 11.3. The zero-order valence-corrected chi connectivity index (χ0v) is 23.9. The maximum atomic E-state index is 15.1. The van der Waals surface area contributed by atoms with Gasteiger partial charge in [-0.25, -0.2) is 0 Å². The Hall–Kier alpha value is -4.69. The second kappa shape index (κ2) is 9.70. The van der Waals surface area contributed by atoms with Crippen LogP contribution in [0.15, 0.2) is 95.7 Å². The summed E-state index contributed by atoms with van der Waals surface area (Å²) >= 11 is 6.15. The van der Waals surface area contributed by atoms with Crippen molar-refractivity contribution in [1.29, 1.82) is 0 Å². The minimum absolute atomic E-state index is 0.00859. The molecule has 9 heteroatoms. The summed E-state index contributed by atoms with van der Waals surface area (Å²) in [4.78, 5) is 59.6. The number of benzene rings is 3. The van der Waals surface area contributed by atoms with Gasteiger partial charge in [0.05, 0.1) is 18.3 Å². The highest BCUT2D eigenvalue weighted by atomic mass is 35.5. The highest BCUT2D eigenvalue weighted by Gasteiger charge is 2.71. The fraction of sp³-hybridized carbons (Fsp3) is 0.212. The van der Waals surface area contributed by atoms with Crippen molar-refractivity contribution in [1.82, 2.24) is 0 Å². The van der Waals surface area contributed by atoms with Crippen LogP contribution in [0.25, 0.3) is 5.76 Å². The number of carbonyl (C=O) groups excluding carboxylic acids is 4. The molecule has 6 rings (SSSR count). The summed E-state index contributed by atoms with van der Waals surface area (Å²) < 4.78 is 5.30. The Labute approximate surface area is 247 Å². The molecule has 2 amide bonds. The molecule has 3 aromatic carbocycles. The first-order chi connectivity index (χ1) is 20.0. The van der Waals surface area contributed by atoms with Crippen LogP contribution in [-0.4, -0.2) is 41.1 Å². The number of hydrogen-bond donors (Lipinski definition) is 1. The number of allylic oxidation sites excluding steroid dienone is 1. The molecule has 1 fully saturated rings. The number of methoxy groups -OCH3 is 1. The average molecular weight is 583 g/mol. The van der Waals surface area contributed by atoms with Gasteiger partial charge in [-0.3, -0.25) is 29.0 Å². The van der Waals surface area contributed by atoms with Crippen LogP contribution in [0.3, 0.4) is 0 Å². The SMILES string of the molecule is COc1ccc(N2C(=O)C3(C4=C2CC(C)(C)CC4=O)/C(=C(\O)c2ccccc2)C(=O)C(=O)N3c2ccc(Cl)cc2)cc1. The third-order valence-corrected chi connectivity index (χ3v) is 8.27. The molecule has 3 aliphatic rings. The number of ether oxygens (including phenoxy) is 1. The topological polar surface area (TPSA) is 104 Å². The predicted molar refractivity (Wildman–Crippen MR) is 158 cm³/mol. The van der Waals surface area contributed by atoms with E-state index in [1.54, 1.807) is 54.6 Å². The highest BCUT2D eigenvalue weighted by Crippen LogP contribution is 2.56. The molecule has 3 aromatic rings.